The zero-order valence-corrected chi connectivity index (χ0v) is 12.5. The van der Waals surface area contributed by atoms with Gasteiger partial charge in [-0.1, -0.05) is 0 Å². The fraction of sp³-hybridized carbons (Fsp3) is 1.00. The van der Waals surface area contributed by atoms with Crippen LogP contribution in [0.5, 0.6) is 0 Å². The van der Waals surface area contributed by atoms with Crippen LogP contribution < -0.4 is 15.3 Å². The van der Waals surface area contributed by atoms with Crippen molar-refractivity contribution in [2.24, 2.45) is 0 Å². The van der Waals surface area contributed by atoms with Crippen molar-refractivity contribution in [2.75, 3.05) is 28.4 Å². The van der Waals surface area contributed by atoms with E-state index in [2.05, 4.69) is 34.3 Å². The van der Waals surface area contributed by atoms with E-state index in [-0.39, 0.29) is 0 Å². The van der Waals surface area contributed by atoms with Gasteiger partial charge in [-0.05, 0) is 0 Å². The molecule has 0 aliphatic carbocycles. The van der Waals surface area contributed by atoms with E-state index in [0.717, 1.165) is 36.5 Å². The maximum absolute atomic E-state index is 8.25. The molecular formula is C8H22Al2O4. The number of hydrogen-bond acceptors (Lipinski definition) is 4. The van der Waals surface area contributed by atoms with Crippen LogP contribution in [-0.4, -0.2) is 60.3 Å². The summed E-state index contributed by atoms with van der Waals surface area (Å²) in [6, 6.07) is 0. The first-order chi connectivity index (χ1) is 6.83. The van der Waals surface area contributed by atoms with Crippen LogP contribution in [0.15, 0.2) is 0 Å². The van der Waals surface area contributed by atoms with Crippen molar-refractivity contribution < 1.29 is 19.1 Å². The second kappa shape index (κ2) is 96.3. The monoisotopic (exact) mass is 236 g/mol. The molecule has 0 spiro atoms. The summed E-state index contributed by atoms with van der Waals surface area (Å²) >= 11 is 2.89. The summed E-state index contributed by atoms with van der Waals surface area (Å²) in [6.07, 6.45) is 0. The van der Waals surface area contributed by atoms with Gasteiger partial charge in [0.2, 0.25) is 0 Å². The van der Waals surface area contributed by atoms with E-state index in [0.29, 0.717) is 0 Å². The van der Waals surface area contributed by atoms with E-state index >= 15 is 0 Å². The van der Waals surface area contributed by atoms with Gasteiger partial charge in [0, 0.05) is 0 Å². The molecule has 0 unspecified atom stereocenters. The zero-order chi connectivity index (χ0) is 12.8. The van der Waals surface area contributed by atoms with E-state index < -0.39 is 0 Å². The Morgan fingerprint density at radius 2 is 1.07 bits per heavy atom. The van der Waals surface area contributed by atoms with Crippen LogP contribution in [0.25, 0.3) is 0 Å². The second-order valence-corrected chi connectivity index (χ2v) is 4.02. The van der Waals surface area contributed by atoms with Gasteiger partial charge in [0.05, 0.1) is 0 Å². The molecular weight excluding hydrogens is 214 g/mol. The first kappa shape index (κ1) is 29.4. The van der Waals surface area contributed by atoms with Gasteiger partial charge in [0.1, 0.15) is 0 Å². The summed E-state index contributed by atoms with van der Waals surface area (Å²) in [6.45, 7) is 4.50. The molecule has 0 saturated carbocycles. The summed E-state index contributed by atoms with van der Waals surface area (Å²) in [5.74, 6) is 0. The van der Waals surface area contributed by atoms with Crippen LogP contribution in [0, 0.1) is 0 Å². The second-order valence-electron chi connectivity index (χ2n) is 1.34. The molecule has 84 valence electrons. The third kappa shape index (κ3) is 217. The molecule has 0 heterocycles. The molecule has 0 atom stereocenters. The fourth-order valence-electron chi connectivity index (χ4n) is 0.289. The average Bonchev–Trinajstić information content (AvgIpc) is 2.29. The normalized spacial score (nSPS) is 5.07. The van der Waals surface area contributed by atoms with Crippen molar-refractivity contribution in [1.29, 1.82) is 0 Å². The molecule has 0 radical (unpaired) electrons. The summed E-state index contributed by atoms with van der Waals surface area (Å²) < 4.78 is 4.17. The van der Waals surface area contributed by atoms with Gasteiger partial charge in [-0.3, -0.25) is 0 Å². The molecule has 6 heteroatoms. The Labute approximate surface area is 104 Å². The van der Waals surface area contributed by atoms with Crippen LogP contribution >= 0.6 is 0 Å². The number of rotatable bonds is 2. The van der Waals surface area contributed by atoms with Gasteiger partial charge in [-0.2, -0.15) is 21.3 Å². The van der Waals surface area contributed by atoms with Crippen molar-refractivity contribution in [3.63, 3.8) is 0 Å². The Kier molecular flexibility index (Phi) is 202. The molecule has 0 amide bonds. The summed E-state index contributed by atoms with van der Waals surface area (Å²) in [7, 11) is 3.84. The van der Waals surface area contributed by atoms with E-state index in [9.17, 15) is 0 Å². The molecule has 0 aliphatic heterocycles. The third-order valence-corrected chi connectivity index (χ3v) is 1.73. The molecule has 0 rings (SSSR count). The Morgan fingerprint density at radius 3 is 1.07 bits per heavy atom. The standard InChI is InChI=1S/2C2H5.4CH3O.2Al/c6*1-2;;/h2*1H2,2H3;4*1H3;;/q;;4*-1;+1;+3. The van der Waals surface area contributed by atoms with Crippen molar-refractivity contribution in [3.8, 4) is 0 Å². The van der Waals surface area contributed by atoms with E-state index in [4.69, 9.17) is 15.3 Å². The summed E-state index contributed by atoms with van der Waals surface area (Å²) in [4.78, 5) is 0. The molecule has 0 aromatic carbocycles. The molecule has 0 saturated heterocycles. The van der Waals surface area contributed by atoms with E-state index in [1.807, 2.05) is 0 Å². The Morgan fingerprint density at radius 1 is 0.929 bits per heavy atom. The van der Waals surface area contributed by atoms with Crippen LogP contribution in [0.3, 0.4) is 0 Å². The van der Waals surface area contributed by atoms with Gasteiger partial charge in [-0.15, -0.1) is 0 Å². The Bertz CT molecular complexity index is 33.3. The van der Waals surface area contributed by atoms with Gasteiger partial charge >= 0.3 is 67.2 Å². The van der Waals surface area contributed by atoms with Gasteiger partial charge in [0.15, 0.2) is 0 Å². The van der Waals surface area contributed by atoms with Gasteiger partial charge in [-0.25, -0.2) is 0 Å². The third-order valence-electron chi connectivity index (χ3n) is 0.577. The van der Waals surface area contributed by atoms with Crippen molar-refractivity contribution >= 4 is 31.8 Å². The molecule has 4 nitrogen and oxygen atoms in total. The molecule has 0 aliphatic rings. The predicted molar refractivity (Wildman–Crippen MR) is 57.3 cm³/mol. The molecule has 0 aromatic rings. The van der Waals surface area contributed by atoms with Gasteiger partial charge in [0.25, 0.3) is 0 Å². The topological polar surface area (TPSA) is 78.4 Å². The zero-order valence-electron chi connectivity index (χ0n) is 10.2. The summed E-state index contributed by atoms with van der Waals surface area (Å²) in [5, 5.41) is 27.6. The molecule has 0 fully saturated rings. The van der Waals surface area contributed by atoms with Crippen molar-refractivity contribution in [1.82, 2.24) is 0 Å². The predicted octanol–water partition coefficient (Wildman–Crippen LogP) is -1.79. The van der Waals surface area contributed by atoms with Crippen molar-refractivity contribution in [2.45, 2.75) is 24.4 Å². The van der Waals surface area contributed by atoms with Crippen LogP contribution in [-0.2, 0) is 3.79 Å². The van der Waals surface area contributed by atoms with E-state index in [1.54, 1.807) is 7.11 Å². The van der Waals surface area contributed by atoms with Crippen LogP contribution in [0.1, 0.15) is 13.8 Å². The minimum atomic E-state index is 0.750. The first-order valence-corrected chi connectivity index (χ1v) is 6.20. The molecule has 0 aromatic heterocycles. The molecule has 14 heavy (non-hydrogen) atoms. The number of hydrogen-bond donors (Lipinski definition) is 0. The van der Waals surface area contributed by atoms with Crippen LogP contribution in [0.4, 0.5) is 0 Å². The van der Waals surface area contributed by atoms with Crippen LogP contribution in [0.2, 0.25) is 10.6 Å². The fourth-order valence-corrected chi connectivity index (χ4v) is 0.866. The van der Waals surface area contributed by atoms with Crippen molar-refractivity contribution in [3.05, 3.63) is 0 Å². The van der Waals surface area contributed by atoms with Gasteiger partial charge < -0.3 is 15.3 Å². The maximum atomic E-state index is 8.25. The van der Waals surface area contributed by atoms with E-state index in [1.165, 1.54) is 10.6 Å². The summed E-state index contributed by atoms with van der Waals surface area (Å²) in [5.41, 5.74) is 0. The minimum absolute atomic E-state index is 0.750. The molecule has 0 bridgehead atoms. The molecule has 0 N–H and O–H groups in total. The SMILES string of the molecule is C[CH2][Al+][CH2]C.C[O-].C[O-].C[O-].C[O][Al+2]. The average molecular weight is 236 g/mol. The Hall–Kier alpha value is 0.905. The quantitative estimate of drug-likeness (QED) is 0.531. The first-order valence-electron chi connectivity index (χ1n) is 4.10. The Balaban J connectivity index is -0.0000000263.